The molecular weight excluding hydrogens is 540 g/mol. The fourth-order valence-corrected chi connectivity index (χ4v) is 7.01. The van der Waals surface area contributed by atoms with Gasteiger partial charge >= 0.3 is 0 Å². The minimum atomic E-state index is -0.312. The van der Waals surface area contributed by atoms with Gasteiger partial charge in [-0.15, -0.1) is 0 Å². The monoisotopic (exact) mass is 576 g/mol. The minimum absolute atomic E-state index is 0.0569. The van der Waals surface area contributed by atoms with Crippen molar-refractivity contribution in [1.82, 2.24) is 19.4 Å². The van der Waals surface area contributed by atoms with Crippen LogP contribution < -0.4 is 15.8 Å². The molecule has 1 N–H and O–H groups in total. The first kappa shape index (κ1) is 26.4. The summed E-state index contributed by atoms with van der Waals surface area (Å²) in [4.78, 5) is 41.4. The smallest absolute Gasteiger partial charge is 0.263 e. The van der Waals surface area contributed by atoms with Crippen LogP contribution in [-0.4, -0.2) is 57.4 Å². The number of hydrogen-bond acceptors (Lipinski definition) is 8. The van der Waals surface area contributed by atoms with Crippen molar-refractivity contribution in [3.63, 3.8) is 0 Å². The molecule has 43 heavy (non-hydrogen) atoms. The van der Waals surface area contributed by atoms with Crippen LogP contribution in [-0.2, 0) is 6.54 Å². The summed E-state index contributed by atoms with van der Waals surface area (Å²) in [5.41, 5.74) is 4.59. The van der Waals surface area contributed by atoms with Gasteiger partial charge in [0.25, 0.3) is 5.56 Å². The molecule has 0 radical (unpaired) electrons. The maximum atomic E-state index is 13.9. The highest BCUT2D eigenvalue weighted by molar-refractivity contribution is 6.01. The maximum Gasteiger partial charge on any atom is 0.263 e. The van der Waals surface area contributed by atoms with Crippen molar-refractivity contribution in [3.8, 4) is 0 Å². The summed E-state index contributed by atoms with van der Waals surface area (Å²) >= 11 is 0. The average Bonchev–Trinajstić information content (AvgIpc) is 3.37. The third-order valence-electron chi connectivity index (χ3n) is 9.52. The van der Waals surface area contributed by atoms with Gasteiger partial charge in [0, 0.05) is 60.1 Å². The van der Waals surface area contributed by atoms with Gasteiger partial charge in [-0.2, -0.15) is 4.98 Å². The molecule has 2 aliphatic heterocycles. The molecule has 8 rings (SSSR count). The summed E-state index contributed by atoms with van der Waals surface area (Å²) in [5, 5.41) is 4.00. The van der Waals surface area contributed by atoms with Crippen LogP contribution in [0.2, 0.25) is 0 Å². The Bertz CT molecular complexity index is 1780. The number of carbonyl (C=O) groups is 1. The number of pyridine rings is 1. The first-order chi connectivity index (χ1) is 21.1. The lowest BCUT2D eigenvalue weighted by atomic mass is 10.1. The zero-order valence-corrected chi connectivity index (χ0v) is 24.3. The predicted molar refractivity (Wildman–Crippen MR) is 167 cm³/mol. The standard InChI is InChI=1S/C34H36N6O3/c41-30(22-7-8-22)29-18-25-19-35-34(36-26-9-11-27(12-10-26)39-16-15-38-14-3-6-28(38)21-39)37-32(25)40(33(29)42)20-24-13-17-43-31(24)23-4-1-2-5-23/h4,9-13,17-19,22,28H,1-3,5-8,14-16,20-21H2,(H,35,36,37). The van der Waals surface area contributed by atoms with Crippen molar-refractivity contribution >= 4 is 39.7 Å². The molecule has 9 nitrogen and oxygen atoms in total. The van der Waals surface area contributed by atoms with Gasteiger partial charge in [0.1, 0.15) is 11.4 Å². The number of carbonyl (C=O) groups excluding carboxylic acids is 1. The van der Waals surface area contributed by atoms with E-state index in [-0.39, 0.29) is 29.4 Å². The number of piperazine rings is 1. The lowest BCUT2D eigenvalue weighted by Crippen LogP contribution is -2.50. The van der Waals surface area contributed by atoms with Crippen molar-refractivity contribution in [2.75, 3.05) is 36.4 Å². The van der Waals surface area contributed by atoms with Crippen molar-refractivity contribution in [3.05, 3.63) is 82.2 Å². The first-order valence-electron chi connectivity index (χ1n) is 15.7. The van der Waals surface area contributed by atoms with Gasteiger partial charge in [-0.1, -0.05) is 6.08 Å². The Morgan fingerprint density at radius 1 is 1.05 bits per heavy atom. The number of furan rings is 1. The van der Waals surface area contributed by atoms with Crippen LogP contribution in [0.15, 0.2) is 64.1 Å². The van der Waals surface area contributed by atoms with Gasteiger partial charge in [0.05, 0.1) is 18.4 Å². The number of fused-ring (bicyclic) bond motifs is 2. The third kappa shape index (κ3) is 5.05. The molecule has 9 heteroatoms. The van der Waals surface area contributed by atoms with Crippen LogP contribution in [0.3, 0.4) is 0 Å². The molecule has 4 aromatic rings. The van der Waals surface area contributed by atoms with Gasteiger partial charge in [-0.05, 0) is 93.5 Å². The fraction of sp³-hybridized carbons (Fsp3) is 0.412. The highest BCUT2D eigenvalue weighted by Gasteiger charge is 2.33. The molecule has 4 aliphatic rings. The van der Waals surface area contributed by atoms with Crippen LogP contribution in [0.1, 0.15) is 66.6 Å². The van der Waals surface area contributed by atoms with Crippen LogP contribution in [0.4, 0.5) is 17.3 Å². The van der Waals surface area contributed by atoms with Gasteiger partial charge in [-0.25, -0.2) is 4.98 Å². The van der Waals surface area contributed by atoms with Crippen LogP contribution in [0, 0.1) is 5.92 Å². The number of aromatic nitrogens is 3. The molecule has 1 atom stereocenters. The van der Waals surface area contributed by atoms with Crippen LogP contribution in [0.5, 0.6) is 0 Å². The molecule has 2 aliphatic carbocycles. The van der Waals surface area contributed by atoms with E-state index >= 15 is 0 Å². The van der Waals surface area contributed by atoms with E-state index in [9.17, 15) is 9.59 Å². The van der Waals surface area contributed by atoms with E-state index in [4.69, 9.17) is 9.40 Å². The van der Waals surface area contributed by atoms with Gasteiger partial charge in [0.15, 0.2) is 5.78 Å². The SMILES string of the molecule is O=C(c1cc2cnc(Nc3ccc(N4CCN5CCCC5C4)cc3)nc2n(Cc2ccoc2C2=CCCC2)c1=O)C1CC1. The second-order valence-electron chi connectivity index (χ2n) is 12.4. The summed E-state index contributed by atoms with van der Waals surface area (Å²) in [6, 6.07) is 12.7. The molecule has 1 unspecified atom stereocenters. The number of benzene rings is 1. The quantitative estimate of drug-likeness (QED) is 0.270. The number of rotatable bonds is 8. The van der Waals surface area contributed by atoms with Crippen molar-refractivity contribution in [2.24, 2.45) is 5.92 Å². The average molecular weight is 577 g/mol. The van der Waals surface area contributed by atoms with Crippen LogP contribution in [0.25, 0.3) is 16.6 Å². The Labute approximate surface area is 250 Å². The van der Waals surface area contributed by atoms with Crippen molar-refractivity contribution < 1.29 is 9.21 Å². The molecule has 3 fully saturated rings. The summed E-state index contributed by atoms with van der Waals surface area (Å²) in [6.45, 7) is 4.77. The fourth-order valence-electron chi connectivity index (χ4n) is 7.01. The van der Waals surface area contributed by atoms with Gasteiger partial charge in [0.2, 0.25) is 5.95 Å². The zero-order valence-electron chi connectivity index (χ0n) is 24.3. The highest BCUT2D eigenvalue weighted by atomic mass is 16.3. The Hall–Kier alpha value is -4.24. The molecule has 0 amide bonds. The third-order valence-corrected chi connectivity index (χ3v) is 9.52. The number of allylic oxidation sites excluding steroid dienone is 2. The minimum Gasteiger partial charge on any atom is -0.464 e. The van der Waals surface area contributed by atoms with E-state index in [0.717, 1.165) is 68.7 Å². The predicted octanol–water partition coefficient (Wildman–Crippen LogP) is 5.62. The molecule has 220 valence electrons. The zero-order chi connectivity index (χ0) is 28.9. The summed E-state index contributed by atoms with van der Waals surface area (Å²) in [5.74, 6) is 1.08. The second kappa shape index (κ2) is 10.8. The second-order valence-corrected chi connectivity index (χ2v) is 12.4. The topological polar surface area (TPSA) is 96.5 Å². The van der Waals surface area contributed by atoms with Crippen molar-refractivity contribution in [1.29, 1.82) is 0 Å². The largest absolute Gasteiger partial charge is 0.464 e. The molecular formula is C34H36N6O3. The Kier molecular flexibility index (Phi) is 6.62. The maximum absolute atomic E-state index is 13.9. The molecule has 1 aromatic carbocycles. The number of Topliss-reactive ketones (excluding diaryl/α,β-unsaturated/α-hetero) is 1. The number of anilines is 3. The summed E-state index contributed by atoms with van der Waals surface area (Å²) < 4.78 is 7.49. The van der Waals surface area contributed by atoms with Crippen LogP contribution >= 0.6 is 0 Å². The molecule has 0 spiro atoms. The Balaban J connectivity index is 1.10. The molecule has 1 saturated carbocycles. The summed E-state index contributed by atoms with van der Waals surface area (Å²) in [7, 11) is 0. The lowest BCUT2D eigenvalue weighted by Gasteiger charge is -2.38. The van der Waals surface area contributed by atoms with E-state index in [1.165, 1.54) is 30.6 Å². The number of nitrogens with zero attached hydrogens (tertiary/aromatic N) is 5. The highest BCUT2D eigenvalue weighted by Crippen LogP contribution is 2.34. The molecule has 3 aromatic heterocycles. The van der Waals surface area contributed by atoms with E-state index in [0.29, 0.717) is 23.0 Å². The number of nitrogens with one attached hydrogen (secondary N) is 1. The van der Waals surface area contributed by atoms with E-state index in [1.807, 2.05) is 6.07 Å². The van der Waals surface area contributed by atoms with Crippen molar-refractivity contribution in [2.45, 2.75) is 57.5 Å². The first-order valence-corrected chi connectivity index (χ1v) is 15.7. The van der Waals surface area contributed by atoms with E-state index in [1.54, 1.807) is 23.1 Å². The molecule has 0 bridgehead atoms. The normalized spacial score (nSPS) is 20.4. The molecule has 5 heterocycles. The van der Waals surface area contributed by atoms with E-state index < -0.39 is 0 Å². The van der Waals surface area contributed by atoms with Gasteiger partial charge in [-0.3, -0.25) is 19.1 Å². The Morgan fingerprint density at radius 3 is 2.74 bits per heavy atom. The van der Waals surface area contributed by atoms with Gasteiger partial charge < -0.3 is 14.6 Å². The number of ketones is 1. The van der Waals surface area contributed by atoms with E-state index in [2.05, 4.69) is 50.4 Å². The summed E-state index contributed by atoms with van der Waals surface area (Å²) in [6.07, 6.45) is 13.0. The number of hydrogen-bond donors (Lipinski definition) is 1. The lowest BCUT2D eigenvalue weighted by molar-refractivity contribution is 0.0966. The molecule has 2 saturated heterocycles. The Morgan fingerprint density at radius 2 is 1.93 bits per heavy atom.